The molecule has 0 saturated carbocycles. The van der Waals surface area contributed by atoms with E-state index in [1.54, 1.807) is 0 Å². The molecule has 116 valence electrons. The van der Waals surface area contributed by atoms with Crippen LogP contribution in [0.4, 0.5) is 5.69 Å². The zero-order valence-electron chi connectivity index (χ0n) is 13.0. The number of anilines is 1. The molecule has 1 amide bonds. The molecule has 21 heavy (non-hydrogen) atoms. The summed E-state index contributed by atoms with van der Waals surface area (Å²) in [6.45, 7) is 6.99. The van der Waals surface area contributed by atoms with Gasteiger partial charge in [0.25, 0.3) is 0 Å². The second kappa shape index (κ2) is 6.45. The van der Waals surface area contributed by atoms with Crippen LogP contribution >= 0.6 is 0 Å². The average Bonchev–Trinajstić information content (AvgIpc) is 2.41. The fourth-order valence-electron chi connectivity index (χ4n) is 2.26. The van der Waals surface area contributed by atoms with E-state index in [0.29, 0.717) is 26.0 Å². The summed E-state index contributed by atoms with van der Waals surface area (Å²) < 4.78 is 5.81. The van der Waals surface area contributed by atoms with E-state index in [9.17, 15) is 10.0 Å². The third-order valence-corrected chi connectivity index (χ3v) is 3.56. The molecule has 1 aliphatic heterocycles. The fraction of sp³-hybridized carbons (Fsp3) is 0.562. The van der Waals surface area contributed by atoms with Crippen molar-refractivity contribution in [1.82, 2.24) is 5.06 Å². The van der Waals surface area contributed by atoms with Crippen LogP contribution in [0.25, 0.3) is 0 Å². The van der Waals surface area contributed by atoms with E-state index in [1.165, 1.54) is 5.06 Å². The molecule has 1 aliphatic rings. The molecule has 0 aromatic heterocycles. The van der Waals surface area contributed by atoms with Crippen molar-refractivity contribution in [2.24, 2.45) is 0 Å². The van der Waals surface area contributed by atoms with E-state index in [0.717, 1.165) is 23.4 Å². The van der Waals surface area contributed by atoms with Gasteiger partial charge < -0.3 is 15.3 Å². The number of ether oxygens (including phenoxy) is 1. The highest BCUT2D eigenvalue weighted by molar-refractivity contribution is 5.94. The third kappa shape index (κ3) is 4.19. The standard InChI is InChI=1S/C16H24N2O3/c1-16(2,3)18(20)10-5-11-21-14-7-4-6-13-12(14)8-9-15(19)17-13/h4,6-7,20H,5,8-11H2,1-3H3,(H,17,19). The molecule has 5 nitrogen and oxygen atoms in total. The monoisotopic (exact) mass is 292 g/mol. The van der Waals surface area contributed by atoms with Gasteiger partial charge in [0.05, 0.1) is 6.61 Å². The number of amides is 1. The summed E-state index contributed by atoms with van der Waals surface area (Å²) in [5, 5.41) is 14.0. The van der Waals surface area contributed by atoms with Crippen molar-refractivity contribution in [1.29, 1.82) is 0 Å². The quantitative estimate of drug-likeness (QED) is 0.647. The lowest BCUT2D eigenvalue weighted by Gasteiger charge is -2.29. The number of nitrogens with one attached hydrogen (secondary N) is 1. The Labute approximate surface area is 125 Å². The van der Waals surface area contributed by atoms with Gasteiger partial charge in [0, 0.05) is 29.8 Å². The first kappa shape index (κ1) is 15.8. The molecular weight excluding hydrogens is 268 g/mol. The van der Waals surface area contributed by atoms with Gasteiger partial charge in [-0.15, -0.1) is 0 Å². The van der Waals surface area contributed by atoms with E-state index in [-0.39, 0.29) is 11.4 Å². The first-order valence-corrected chi connectivity index (χ1v) is 7.39. The molecule has 0 fully saturated rings. The molecule has 1 aromatic carbocycles. The van der Waals surface area contributed by atoms with Gasteiger partial charge in [0.1, 0.15) is 5.75 Å². The maximum atomic E-state index is 11.4. The molecule has 0 unspecified atom stereocenters. The summed E-state index contributed by atoms with van der Waals surface area (Å²) in [5.74, 6) is 0.883. The zero-order chi connectivity index (χ0) is 15.5. The minimum absolute atomic E-state index is 0.0562. The Kier molecular flexibility index (Phi) is 4.85. The average molecular weight is 292 g/mol. The maximum absolute atomic E-state index is 11.4. The van der Waals surface area contributed by atoms with Gasteiger partial charge in [0.2, 0.25) is 5.91 Å². The molecule has 0 spiro atoms. The van der Waals surface area contributed by atoms with Crippen LogP contribution in [0.2, 0.25) is 0 Å². The Morgan fingerprint density at radius 2 is 2.10 bits per heavy atom. The fourth-order valence-corrected chi connectivity index (χ4v) is 2.26. The zero-order valence-corrected chi connectivity index (χ0v) is 13.0. The molecule has 0 saturated heterocycles. The van der Waals surface area contributed by atoms with Crippen LogP contribution in [0.1, 0.15) is 39.2 Å². The number of hydrogen-bond acceptors (Lipinski definition) is 4. The van der Waals surface area contributed by atoms with Crippen LogP contribution in [-0.4, -0.2) is 34.9 Å². The van der Waals surface area contributed by atoms with E-state index in [4.69, 9.17) is 4.74 Å². The van der Waals surface area contributed by atoms with Gasteiger partial charge in [-0.2, -0.15) is 5.06 Å². The van der Waals surface area contributed by atoms with E-state index in [1.807, 2.05) is 39.0 Å². The van der Waals surface area contributed by atoms with Crippen molar-refractivity contribution in [3.05, 3.63) is 23.8 Å². The first-order chi connectivity index (χ1) is 9.88. The lowest BCUT2D eigenvalue weighted by Crippen LogP contribution is -2.39. The number of rotatable bonds is 5. The molecule has 0 aliphatic carbocycles. The van der Waals surface area contributed by atoms with Gasteiger partial charge in [-0.25, -0.2) is 0 Å². The number of benzene rings is 1. The molecule has 2 rings (SSSR count). The van der Waals surface area contributed by atoms with E-state index < -0.39 is 0 Å². The maximum Gasteiger partial charge on any atom is 0.224 e. The smallest absolute Gasteiger partial charge is 0.224 e. The lowest BCUT2D eigenvalue weighted by atomic mass is 10.0. The van der Waals surface area contributed by atoms with Gasteiger partial charge in [-0.05, 0) is 45.7 Å². The Morgan fingerprint density at radius 3 is 2.81 bits per heavy atom. The Hall–Kier alpha value is -1.59. The summed E-state index contributed by atoms with van der Waals surface area (Å²) in [6.07, 6.45) is 1.96. The highest BCUT2D eigenvalue weighted by Crippen LogP contribution is 2.31. The van der Waals surface area contributed by atoms with Crippen molar-refractivity contribution in [2.45, 2.75) is 45.6 Å². The van der Waals surface area contributed by atoms with Crippen molar-refractivity contribution in [2.75, 3.05) is 18.5 Å². The number of carbonyl (C=O) groups is 1. The highest BCUT2D eigenvalue weighted by Gasteiger charge is 2.20. The minimum Gasteiger partial charge on any atom is -0.493 e. The summed E-state index contributed by atoms with van der Waals surface area (Å²) in [5.41, 5.74) is 1.66. The lowest BCUT2D eigenvalue weighted by molar-refractivity contribution is -0.156. The summed E-state index contributed by atoms with van der Waals surface area (Å²) >= 11 is 0. The van der Waals surface area contributed by atoms with Crippen molar-refractivity contribution < 1.29 is 14.7 Å². The minimum atomic E-state index is -0.254. The van der Waals surface area contributed by atoms with Crippen LogP contribution < -0.4 is 10.1 Å². The number of hydroxylamine groups is 2. The molecule has 5 heteroatoms. The Balaban J connectivity index is 1.87. The van der Waals surface area contributed by atoms with Crippen molar-refractivity contribution in [3.63, 3.8) is 0 Å². The summed E-state index contributed by atoms with van der Waals surface area (Å²) in [7, 11) is 0. The van der Waals surface area contributed by atoms with Gasteiger partial charge >= 0.3 is 0 Å². The second-order valence-electron chi connectivity index (χ2n) is 6.33. The Bertz CT molecular complexity index is 509. The summed E-state index contributed by atoms with van der Waals surface area (Å²) in [4.78, 5) is 11.4. The Morgan fingerprint density at radius 1 is 1.33 bits per heavy atom. The number of hydrogen-bond donors (Lipinski definition) is 2. The molecule has 0 radical (unpaired) electrons. The van der Waals surface area contributed by atoms with Gasteiger partial charge in [-0.1, -0.05) is 6.07 Å². The predicted octanol–water partition coefficient (Wildman–Crippen LogP) is 2.83. The topological polar surface area (TPSA) is 61.8 Å². The van der Waals surface area contributed by atoms with Crippen LogP contribution in [0, 0.1) is 0 Å². The van der Waals surface area contributed by atoms with Crippen LogP contribution in [0.15, 0.2) is 18.2 Å². The molecular formula is C16H24N2O3. The highest BCUT2D eigenvalue weighted by atomic mass is 16.5. The number of nitrogens with zero attached hydrogens (tertiary/aromatic N) is 1. The van der Waals surface area contributed by atoms with Crippen molar-refractivity contribution in [3.8, 4) is 5.75 Å². The molecule has 1 heterocycles. The predicted molar refractivity (Wildman–Crippen MR) is 81.8 cm³/mol. The van der Waals surface area contributed by atoms with Crippen LogP contribution in [0.3, 0.4) is 0 Å². The molecule has 0 bridgehead atoms. The number of carbonyl (C=O) groups excluding carboxylic acids is 1. The second-order valence-corrected chi connectivity index (χ2v) is 6.33. The van der Waals surface area contributed by atoms with Crippen LogP contribution in [0.5, 0.6) is 5.75 Å². The SMILES string of the molecule is CC(C)(C)N(O)CCCOc1cccc2c1CCC(=O)N2. The molecule has 1 aromatic rings. The van der Waals surface area contributed by atoms with Gasteiger partial charge in [-0.3, -0.25) is 4.79 Å². The third-order valence-electron chi connectivity index (χ3n) is 3.56. The molecule has 2 N–H and O–H groups in total. The first-order valence-electron chi connectivity index (χ1n) is 7.39. The van der Waals surface area contributed by atoms with Crippen molar-refractivity contribution >= 4 is 11.6 Å². The van der Waals surface area contributed by atoms with Crippen LogP contribution in [-0.2, 0) is 11.2 Å². The van der Waals surface area contributed by atoms with E-state index in [2.05, 4.69) is 5.32 Å². The van der Waals surface area contributed by atoms with Gasteiger partial charge in [0.15, 0.2) is 0 Å². The molecule has 0 atom stereocenters. The summed E-state index contributed by atoms with van der Waals surface area (Å²) in [6, 6.07) is 5.71. The number of fused-ring (bicyclic) bond motifs is 1. The largest absolute Gasteiger partial charge is 0.493 e. The van der Waals surface area contributed by atoms with E-state index >= 15 is 0 Å². The normalized spacial score (nSPS) is 14.8.